The van der Waals surface area contributed by atoms with Crippen LogP contribution in [0.1, 0.15) is 27.7 Å². The maximum Gasteiger partial charge on any atom is 0.313 e. The van der Waals surface area contributed by atoms with Crippen LogP contribution in [-0.2, 0) is 14.3 Å². The second-order valence-corrected chi connectivity index (χ2v) is 8.20. The van der Waals surface area contributed by atoms with E-state index in [4.69, 9.17) is 4.74 Å². The van der Waals surface area contributed by atoms with Gasteiger partial charge in [0, 0.05) is 35.3 Å². The number of carbonyl (C=O) groups is 2. The molecule has 0 saturated carbocycles. The Morgan fingerprint density at radius 1 is 1.11 bits per heavy atom. The summed E-state index contributed by atoms with van der Waals surface area (Å²) in [5.74, 6) is -1.10. The van der Waals surface area contributed by atoms with Gasteiger partial charge in [0.25, 0.3) is 0 Å². The van der Waals surface area contributed by atoms with Gasteiger partial charge in [0.2, 0.25) is 0 Å². The number of thiophene rings is 1. The second kappa shape index (κ2) is 8.27. The standard InChI is InChI=1S/C20H27N3O3S/c1-13(2)23(14(3)4)20(25)19(24)21-16-5-6-17-15(7-12-27-17)18(16)22-8-10-26-11-9-22/h5-7,12-14H,8-11H2,1-4H3,(H,21,24). The molecule has 2 heterocycles. The van der Waals surface area contributed by atoms with Crippen molar-refractivity contribution in [1.29, 1.82) is 0 Å². The first-order chi connectivity index (χ1) is 12.9. The molecule has 1 saturated heterocycles. The first-order valence-electron chi connectivity index (χ1n) is 9.36. The van der Waals surface area contributed by atoms with Crippen LogP contribution in [0.3, 0.4) is 0 Å². The highest BCUT2D eigenvalue weighted by Crippen LogP contribution is 2.37. The Labute approximate surface area is 164 Å². The SMILES string of the molecule is CC(C)N(C(=O)C(=O)Nc1ccc2sccc2c1N1CCOCC1)C(C)C. The van der Waals surface area contributed by atoms with E-state index >= 15 is 0 Å². The molecule has 2 amide bonds. The van der Waals surface area contributed by atoms with Crippen molar-refractivity contribution in [1.82, 2.24) is 4.90 Å². The highest BCUT2D eigenvalue weighted by atomic mass is 32.1. The molecule has 0 atom stereocenters. The summed E-state index contributed by atoms with van der Waals surface area (Å²) in [6.07, 6.45) is 0. The molecule has 27 heavy (non-hydrogen) atoms. The fourth-order valence-corrected chi connectivity index (χ4v) is 4.40. The van der Waals surface area contributed by atoms with Crippen molar-refractivity contribution in [2.75, 3.05) is 36.5 Å². The Morgan fingerprint density at radius 3 is 2.41 bits per heavy atom. The number of hydrogen-bond donors (Lipinski definition) is 1. The molecule has 1 aliphatic rings. The number of anilines is 2. The molecule has 1 fully saturated rings. The number of ether oxygens (including phenoxy) is 1. The summed E-state index contributed by atoms with van der Waals surface area (Å²) in [4.78, 5) is 29.3. The lowest BCUT2D eigenvalue weighted by Gasteiger charge is -2.32. The average Bonchev–Trinajstić information content (AvgIpc) is 3.10. The smallest absolute Gasteiger partial charge is 0.313 e. The number of hydrogen-bond acceptors (Lipinski definition) is 5. The van der Waals surface area contributed by atoms with Crippen LogP contribution < -0.4 is 10.2 Å². The number of carbonyl (C=O) groups excluding carboxylic acids is 2. The molecule has 0 radical (unpaired) electrons. The Kier molecular flexibility index (Phi) is 6.01. The molecule has 0 spiro atoms. The number of benzene rings is 1. The zero-order chi connectivity index (χ0) is 19.6. The lowest BCUT2D eigenvalue weighted by molar-refractivity contribution is -0.145. The van der Waals surface area contributed by atoms with Crippen molar-refractivity contribution in [2.45, 2.75) is 39.8 Å². The van der Waals surface area contributed by atoms with E-state index < -0.39 is 11.8 Å². The summed E-state index contributed by atoms with van der Waals surface area (Å²) < 4.78 is 6.63. The van der Waals surface area contributed by atoms with Gasteiger partial charge in [-0.2, -0.15) is 0 Å². The van der Waals surface area contributed by atoms with Crippen LogP contribution in [0.4, 0.5) is 11.4 Å². The lowest BCUT2D eigenvalue weighted by atomic mass is 10.1. The highest BCUT2D eigenvalue weighted by Gasteiger charge is 2.28. The van der Waals surface area contributed by atoms with Crippen molar-refractivity contribution >= 4 is 44.6 Å². The predicted molar refractivity (Wildman–Crippen MR) is 111 cm³/mol. The maximum absolute atomic E-state index is 12.7. The second-order valence-electron chi connectivity index (χ2n) is 7.25. The number of nitrogens with zero attached hydrogens (tertiary/aromatic N) is 2. The minimum atomic E-state index is -0.596. The molecule has 3 rings (SSSR count). The van der Waals surface area contributed by atoms with E-state index in [2.05, 4.69) is 16.3 Å². The van der Waals surface area contributed by atoms with Crippen LogP contribution in [0, 0.1) is 0 Å². The van der Waals surface area contributed by atoms with E-state index in [9.17, 15) is 9.59 Å². The molecule has 146 valence electrons. The first-order valence-corrected chi connectivity index (χ1v) is 10.2. The maximum atomic E-state index is 12.7. The van der Waals surface area contributed by atoms with Crippen LogP contribution in [-0.4, -0.2) is 55.1 Å². The van der Waals surface area contributed by atoms with E-state index in [1.807, 2.05) is 45.2 Å². The summed E-state index contributed by atoms with van der Waals surface area (Å²) >= 11 is 1.67. The fraction of sp³-hybridized carbons (Fsp3) is 0.500. The molecule has 2 aromatic rings. The Morgan fingerprint density at radius 2 is 1.78 bits per heavy atom. The van der Waals surface area contributed by atoms with Gasteiger partial charge < -0.3 is 19.9 Å². The molecule has 0 bridgehead atoms. The molecule has 0 unspecified atom stereocenters. The molecule has 7 heteroatoms. The van der Waals surface area contributed by atoms with E-state index in [0.717, 1.165) is 28.9 Å². The van der Waals surface area contributed by atoms with Gasteiger partial charge >= 0.3 is 11.8 Å². The van der Waals surface area contributed by atoms with Crippen molar-refractivity contribution in [3.63, 3.8) is 0 Å². The molecule has 0 aliphatic carbocycles. The van der Waals surface area contributed by atoms with Crippen LogP contribution in [0.25, 0.3) is 10.1 Å². The van der Waals surface area contributed by atoms with Crippen molar-refractivity contribution < 1.29 is 14.3 Å². The number of fused-ring (bicyclic) bond motifs is 1. The monoisotopic (exact) mass is 389 g/mol. The van der Waals surface area contributed by atoms with E-state index in [0.29, 0.717) is 18.9 Å². The third-order valence-corrected chi connectivity index (χ3v) is 5.61. The minimum Gasteiger partial charge on any atom is -0.378 e. The molecular weight excluding hydrogens is 362 g/mol. The largest absolute Gasteiger partial charge is 0.378 e. The predicted octanol–water partition coefficient (Wildman–Crippen LogP) is 3.32. The minimum absolute atomic E-state index is 0.0404. The Hall–Kier alpha value is -2.12. The third kappa shape index (κ3) is 4.09. The van der Waals surface area contributed by atoms with Gasteiger partial charge in [0.05, 0.1) is 24.6 Å². The summed E-state index contributed by atoms with van der Waals surface area (Å²) in [5.41, 5.74) is 1.65. The van der Waals surface area contributed by atoms with Gasteiger partial charge in [0.15, 0.2) is 0 Å². The van der Waals surface area contributed by atoms with E-state index in [1.54, 1.807) is 16.2 Å². The summed E-state index contributed by atoms with van der Waals surface area (Å²) in [6.45, 7) is 10.5. The number of rotatable bonds is 4. The van der Waals surface area contributed by atoms with Crippen LogP contribution in [0.5, 0.6) is 0 Å². The normalized spacial score (nSPS) is 14.8. The molecular formula is C20H27N3O3S. The molecule has 6 nitrogen and oxygen atoms in total. The van der Waals surface area contributed by atoms with E-state index in [-0.39, 0.29) is 12.1 Å². The summed E-state index contributed by atoms with van der Waals surface area (Å²) in [7, 11) is 0. The summed E-state index contributed by atoms with van der Waals surface area (Å²) in [6, 6.07) is 5.87. The molecule has 1 aromatic heterocycles. The average molecular weight is 390 g/mol. The van der Waals surface area contributed by atoms with Crippen molar-refractivity contribution in [3.8, 4) is 0 Å². The van der Waals surface area contributed by atoms with Crippen LogP contribution in [0.2, 0.25) is 0 Å². The molecule has 1 N–H and O–H groups in total. The topological polar surface area (TPSA) is 61.9 Å². The van der Waals surface area contributed by atoms with E-state index in [1.165, 1.54) is 0 Å². The number of nitrogens with one attached hydrogen (secondary N) is 1. The Bertz CT molecular complexity index is 817. The molecule has 1 aliphatic heterocycles. The number of morpholine rings is 1. The van der Waals surface area contributed by atoms with Gasteiger partial charge in [-0.05, 0) is 51.3 Å². The van der Waals surface area contributed by atoms with Gasteiger partial charge in [-0.1, -0.05) is 0 Å². The van der Waals surface area contributed by atoms with Crippen molar-refractivity contribution in [3.05, 3.63) is 23.6 Å². The van der Waals surface area contributed by atoms with Crippen LogP contribution >= 0.6 is 11.3 Å². The quantitative estimate of drug-likeness (QED) is 0.815. The molecule has 1 aromatic carbocycles. The highest BCUT2D eigenvalue weighted by molar-refractivity contribution is 7.17. The zero-order valence-corrected chi connectivity index (χ0v) is 17.1. The lowest BCUT2D eigenvalue weighted by Crippen LogP contribution is -2.47. The van der Waals surface area contributed by atoms with Gasteiger partial charge in [-0.25, -0.2) is 0 Å². The van der Waals surface area contributed by atoms with Gasteiger partial charge in [-0.3, -0.25) is 9.59 Å². The van der Waals surface area contributed by atoms with Crippen LogP contribution in [0.15, 0.2) is 23.6 Å². The Balaban J connectivity index is 1.92. The summed E-state index contributed by atoms with van der Waals surface area (Å²) in [5, 5.41) is 6.01. The fourth-order valence-electron chi connectivity index (χ4n) is 3.62. The first kappa shape index (κ1) is 19.6. The zero-order valence-electron chi connectivity index (χ0n) is 16.3. The third-order valence-electron chi connectivity index (χ3n) is 4.72. The van der Waals surface area contributed by atoms with Crippen molar-refractivity contribution in [2.24, 2.45) is 0 Å². The van der Waals surface area contributed by atoms with Gasteiger partial charge in [-0.15, -0.1) is 11.3 Å². The number of amides is 2. The van der Waals surface area contributed by atoms with Gasteiger partial charge in [0.1, 0.15) is 0 Å².